The molecule has 0 saturated heterocycles. The van der Waals surface area contributed by atoms with Crippen molar-refractivity contribution in [2.24, 2.45) is 0 Å². The predicted molar refractivity (Wildman–Crippen MR) is 86.6 cm³/mol. The Bertz CT molecular complexity index is 486. The molecule has 20 heavy (non-hydrogen) atoms. The first-order valence-corrected chi connectivity index (χ1v) is 7.39. The van der Waals surface area contributed by atoms with Crippen LogP contribution in [0.3, 0.4) is 0 Å². The number of hydrogen-bond donors (Lipinski definition) is 3. The van der Waals surface area contributed by atoms with Crippen LogP contribution in [0.15, 0.2) is 12.1 Å². The van der Waals surface area contributed by atoms with Gasteiger partial charge in [-0.1, -0.05) is 43.0 Å². The van der Waals surface area contributed by atoms with Gasteiger partial charge in [0.25, 0.3) is 0 Å². The molecule has 0 unspecified atom stereocenters. The molecule has 0 aromatic heterocycles. The number of phenolic OH excluding ortho intramolecular Hbond substituents is 1. The minimum Gasteiger partial charge on any atom is -0.505 e. The van der Waals surface area contributed by atoms with Gasteiger partial charge in [0.05, 0.1) is 10.0 Å². The first kappa shape index (κ1) is 17.0. The third-order valence-electron chi connectivity index (χ3n) is 2.54. The largest absolute Gasteiger partial charge is 0.505 e. The van der Waals surface area contributed by atoms with Crippen LogP contribution in [0.25, 0.3) is 0 Å². The molecule has 1 aromatic rings. The number of amides is 1. The second-order valence-electron chi connectivity index (χ2n) is 4.25. The quantitative estimate of drug-likeness (QED) is 0.431. The number of nitrogens with one attached hydrogen (secondary N) is 2. The van der Waals surface area contributed by atoms with E-state index in [-0.39, 0.29) is 26.8 Å². The summed E-state index contributed by atoms with van der Waals surface area (Å²) in [6, 6.07) is 2.94. The van der Waals surface area contributed by atoms with E-state index in [1.807, 2.05) is 0 Å². The number of hydrogen-bond acceptors (Lipinski definition) is 3. The van der Waals surface area contributed by atoms with Crippen molar-refractivity contribution in [3.05, 3.63) is 22.2 Å². The van der Waals surface area contributed by atoms with Gasteiger partial charge in [-0.2, -0.15) is 0 Å². The van der Waals surface area contributed by atoms with Crippen molar-refractivity contribution in [1.29, 1.82) is 0 Å². The standard InChI is InChI=1S/C13H16Cl2N2O2S/c1-2-3-4-5-11(18)17-13(20)16-8-6-9(14)12(19)10(15)7-8/h6-7,19H,2-5H2,1H3,(H2,16,17,18,20). The molecule has 110 valence electrons. The number of benzene rings is 1. The maximum absolute atomic E-state index is 11.6. The van der Waals surface area contributed by atoms with E-state index in [1.165, 1.54) is 12.1 Å². The van der Waals surface area contributed by atoms with E-state index in [1.54, 1.807) is 0 Å². The van der Waals surface area contributed by atoms with Crippen LogP contribution in [0.4, 0.5) is 5.69 Å². The topological polar surface area (TPSA) is 61.4 Å². The molecule has 1 amide bonds. The Morgan fingerprint density at radius 2 is 1.90 bits per heavy atom. The summed E-state index contributed by atoms with van der Waals surface area (Å²) in [6.07, 6.45) is 3.34. The van der Waals surface area contributed by atoms with Crippen molar-refractivity contribution >= 4 is 52.1 Å². The van der Waals surface area contributed by atoms with Gasteiger partial charge in [0.2, 0.25) is 5.91 Å². The Labute approximate surface area is 133 Å². The first-order valence-electron chi connectivity index (χ1n) is 6.23. The summed E-state index contributed by atoms with van der Waals surface area (Å²) in [7, 11) is 0. The molecule has 0 bridgehead atoms. The molecule has 0 aliphatic carbocycles. The predicted octanol–water partition coefficient (Wildman–Crippen LogP) is 4.09. The average Bonchev–Trinajstić information content (AvgIpc) is 2.35. The second kappa shape index (κ2) is 8.29. The summed E-state index contributed by atoms with van der Waals surface area (Å²) < 4.78 is 0. The highest BCUT2D eigenvalue weighted by atomic mass is 35.5. The minimum absolute atomic E-state index is 0.108. The molecule has 0 saturated carbocycles. The summed E-state index contributed by atoms with van der Waals surface area (Å²) in [6.45, 7) is 2.07. The number of anilines is 1. The van der Waals surface area contributed by atoms with E-state index in [4.69, 9.17) is 35.4 Å². The van der Waals surface area contributed by atoms with Crippen LogP contribution in [0.1, 0.15) is 32.6 Å². The zero-order valence-electron chi connectivity index (χ0n) is 11.0. The number of halogens is 2. The molecule has 1 rings (SSSR count). The second-order valence-corrected chi connectivity index (χ2v) is 5.47. The Balaban J connectivity index is 2.52. The number of rotatable bonds is 5. The third-order valence-corrected chi connectivity index (χ3v) is 3.32. The fourth-order valence-corrected chi connectivity index (χ4v) is 2.24. The number of carbonyl (C=O) groups is 1. The van der Waals surface area contributed by atoms with Gasteiger partial charge in [0, 0.05) is 12.1 Å². The number of thiocarbonyl (C=S) groups is 1. The lowest BCUT2D eigenvalue weighted by atomic mass is 10.2. The van der Waals surface area contributed by atoms with Gasteiger partial charge in [-0.3, -0.25) is 4.79 Å². The van der Waals surface area contributed by atoms with Crippen LogP contribution in [0.2, 0.25) is 10.0 Å². The maximum Gasteiger partial charge on any atom is 0.226 e. The smallest absolute Gasteiger partial charge is 0.226 e. The van der Waals surface area contributed by atoms with Crippen molar-refractivity contribution < 1.29 is 9.90 Å². The van der Waals surface area contributed by atoms with Gasteiger partial charge >= 0.3 is 0 Å². The number of carbonyl (C=O) groups excluding carboxylic acids is 1. The summed E-state index contributed by atoms with van der Waals surface area (Å²) in [5.41, 5.74) is 0.497. The van der Waals surface area contributed by atoms with Crippen molar-refractivity contribution in [2.45, 2.75) is 32.6 Å². The highest BCUT2D eigenvalue weighted by Crippen LogP contribution is 2.34. The van der Waals surface area contributed by atoms with E-state index in [2.05, 4.69) is 17.6 Å². The molecule has 1 aromatic carbocycles. The molecule has 0 aliphatic rings. The third kappa shape index (κ3) is 5.53. The lowest BCUT2D eigenvalue weighted by Crippen LogP contribution is -2.33. The van der Waals surface area contributed by atoms with E-state index >= 15 is 0 Å². The summed E-state index contributed by atoms with van der Waals surface area (Å²) in [5, 5.41) is 15.2. The number of aromatic hydroxyl groups is 1. The van der Waals surface area contributed by atoms with Crippen molar-refractivity contribution in [3.63, 3.8) is 0 Å². The van der Waals surface area contributed by atoms with Gasteiger partial charge in [-0.25, -0.2) is 0 Å². The molecule has 0 fully saturated rings. The lowest BCUT2D eigenvalue weighted by Gasteiger charge is -2.11. The van der Waals surface area contributed by atoms with Crippen LogP contribution < -0.4 is 10.6 Å². The maximum atomic E-state index is 11.6. The van der Waals surface area contributed by atoms with Crippen LogP contribution in [0.5, 0.6) is 5.75 Å². The minimum atomic E-state index is -0.187. The summed E-state index contributed by atoms with van der Waals surface area (Å²) >= 11 is 16.6. The fourth-order valence-electron chi connectivity index (χ4n) is 1.52. The molecule has 0 heterocycles. The highest BCUT2D eigenvalue weighted by Gasteiger charge is 2.09. The van der Waals surface area contributed by atoms with Crippen LogP contribution in [-0.2, 0) is 4.79 Å². The summed E-state index contributed by atoms with van der Waals surface area (Å²) in [4.78, 5) is 11.6. The molecular weight excluding hydrogens is 319 g/mol. The Kier molecular flexibility index (Phi) is 7.05. The van der Waals surface area contributed by atoms with Crippen LogP contribution in [0, 0.1) is 0 Å². The molecule has 0 aliphatic heterocycles. The van der Waals surface area contributed by atoms with E-state index in [0.717, 1.165) is 19.3 Å². The summed E-state index contributed by atoms with van der Waals surface area (Å²) in [5.74, 6) is -0.319. The van der Waals surface area contributed by atoms with E-state index in [0.29, 0.717) is 12.1 Å². The average molecular weight is 335 g/mol. The van der Waals surface area contributed by atoms with Gasteiger partial charge in [-0.05, 0) is 30.8 Å². The normalized spacial score (nSPS) is 10.2. The van der Waals surface area contributed by atoms with Crippen LogP contribution >= 0.6 is 35.4 Å². The van der Waals surface area contributed by atoms with Crippen molar-refractivity contribution in [2.75, 3.05) is 5.32 Å². The molecule has 0 spiro atoms. The highest BCUT2D eigenvalue weighted by molar-refractivity contribution is 7.80. The molecule has 3 N–H and O–H groups in total. The van der Waals surface area contributed by atoms with Crippen molar-refractivity contribution in [3.8, 4) is 5.75 Å². The van der Waals surface area contributed by atoms with E-state index in [9.17, 15) is 9.90 Å². The zero-order chi connectivity index (χ0) is 15.1. The van der Waals surface area contributed by atoms with Gasteiger partial charge in [0.1, 0.15) is 0 Å². The van der Waals surface area contributed by atoms with Gasteiger partial charge in [0.15, 0.2) is 10.9 Å². The van der Waals surface area contributed by atoms with Gasteiger partial charge in [-0.15, -0.1) is 0 Å². The Morgan fingerprint density at radius 3 is 2.45 bits per heavy atom. The molecule has 0 radical (unpaired) electrons. The molecular formula is C13H16Cl2N2O2S. The lowest BCUT2D eigenvalue weighted by molar-refractivity contribution is -0.119. The van der Waals surface area contributed by atoms with Gasteiger partial charge < -0.3 is 15.7 Å². The fraction of sp³-hybridized carbons (Fsp3) is 0.385. The SMILES string of the molecule is CCCCCC(=O)NC(=S)Nc1cc(Cl)c(O)c(Cl)c1. The molecule has 4 nitrogen and oxygen atoms in total. The molecule has 7 heteroatoms. The Hall–Kier alpha value is -1.04. The number of unbranched alkanes of at least 4 members (excludes halogenated alkanes) is 2. The van der Waals surface area contributed by atoms with E-state index < -0.39 is 0 Å². The van der Waals surface area contributed by atoms with Crippen LogP contribution in [-0.4, -0.2) is 16.1 Å². The molecule has 0 atom stereocenters. The monoisotopic (exact) mass is 334 g/mol. The number of phenols is 1. The zero-order valence-corrected chi connectivity index (χ0v) is 13.3. The first-order chi connectivity index (χ1) is 9.43. The Morgan fingerprint density at radius 1 is 1.30 bits per heavy atom. The van der Waals surface area contributed by atoms with Crippen molar-refractivity contribution in [1.82, 2.24) is 5.32 Å².